The molecule has 6 heteroatoms. The minimum atomic E-state index is -0.802. The molecule has 1 atom stereocenters. The Hall–Kier alpha value is -1.40. The van der Waals surface area contributed by atoms with Gasteiger partial charge >= 0.3 is 0 Å². The average molecular weight is 296 g/mol. The van der Waals surface area contributed by atoms with Crippen LogP contribution in [-0.2, 0) is 10.8 Å². The molecule has 0 aliphatic carbocycles. The maximum Gasteiger partial charge on any atom is 0.261 e. The summed E-state index contributed by atoms with van der Waals surface area (Å²) in [6.45, 7) is 0.550. The van der Waals surface area contributed by atoms with E-state index in [9.17, 15) is 9.00 Å². The first-order valence-corrected chi connectivity index (χ1v) is 8.48. The highest BCUT2D eigenvalue weighted by Gasteiger charge is 2.09. The fraction of sp³-hybridized carbons (Fsp3) is 0.308. The van der Waals surface area contributed by atoms with Crippen LogP contribution in [0.3, 0.4) is 0 Å². The number of rotatable bonds is 5. The maximum absolute atomic E-state index is 11.9. The second kappa shape index (κ2) is 6.16. The second-order valence-corrected chi connectivity index (χ2v) is 6.93. The Bertz CT molecular complexity index is 622. The van der Waals surface area contributed by atoms with Crippen molar-refractivity contribution in [3.8, 4) is 0 Å². The van der Waals surface area contributed by atoms with Gasteiger partial charge < -0.3 is 11.1 Å². The van der Waals surface area contributed by atoms with E-state index in [4.69, 9.17) is 5.73 Å². The van der Waals surface area contributed by atoms with Crippen molar-refractivity contribution < 1.29 is 9.00 Å². The first-order valence-electron chi connectivity index (χ1n) is 5.93. The summed E-state index contributed by atoms with van der Waals surface area (Å²) in [5.74, 6) is 0.533. The number of thiophene rings is 1. The number of hydrogen-bond acceptors (Lipinski definition) is 4. The number of nitrogens with two attached hydrogens (primary N) is 1. The molecule has 0 bridgehead atoms. The van der Waals surface area contributed by atoms with Crippen molar-refractivity contribution in [1.82, 2.24) is 5.32 Å². The Morgan fingerprint density at radius 1 is 1.42 bits per heavy atom. The number of benzene rings is 1. The largest absolute Gasteiger partial charge is 0.399 e. The lowest BCUT2D eigenvalue weighted by atomic mass is 10.2. The minimum absolute atomic E-state index is 0.0818. The highest BCUT2D eigenvalue weighted by molar-refractivity contribution is 7.84. The van der Waals surface area contributed by atoms with Crippen LogP contribution in [0.1, 0.15) is 16.1 Å². The van der Waals surface area contributed by atoms with Crippen molar-refractivity contribution in [2.24, 2.45) is 0 Å². The van der Waals surface area contributed by atoms with Crippen LogP contribution >= 0.6 is 11.3 Å². The molecule has 0 fully saturated rings. The molecule has 1 heterocycles. The zero-order chi connectivity index (χ0) is 13.8. The number of hydrogen-bond donors (Lipinski definition) is 2. The minimum Gasteiger partial charge on any atom is -0.399 e. The van der Waals surface area contributed by atoms with E-state index in [0.29, 0.717) is 22.9 Å². The summed E-state index contributed by atoms with van der Waals surface area (Å²) >= 11 is 1.45. The fourth-order valence-corrected chi connectivity index (χ4v) is 3.25. The molecule has 3 N–H and O–H groups in total. The normalized spacial score (nSPS) is 12.5. The molecule has 0 aliphatic heterocycles. The lowest BCUT2D eigenvalue weighted by Crippen LogP contribution is -2.24. The first kappa shape index (κ1) is 14.0. The van der Waals surface area contributed by atoms with Crippen LogP contribution in [0.4, 0.5) is 5.69 Å². The van der Waals surface area contributed by atoms with Gasteiger partial charge in [0.1, 0.15) is 0 Å². The summed E-state index contributed by atoms with van der Waals surface area (Å²) in [5, 5.41) is 3.83. The molecule has 0 radical (unpaired) electrons. The number of fused-ring (bicyclic) bond motifs is 1. The van der Waals surface area contributed by atoms with Gasteiger partial charge in [-0.2, -0.15) is 0 Å². The molecule has 19 heavy (non-hydrogen) atoms. The van der Waals surface area contributed by atoms with Gasteiger partial charge in [-0.15, -0.1) is 11.3 Å². The highest BCUT2D eigenvalue weighted by Crippen LogP contribution is 2.27. The Morgan fingerprint density at radius 2 is 2.21 bits per heavy atom. The summed E-state index contributed by atoms with van der Waals surface area (Å²) in [6, 6.07) is 7.47. The Kier molecular flexibility index (Phi) is 4.55. The lowest BCUT2D eigenvalue weighted by molar-refractivity contribution is 0.0958. The maximum atomic E-state index is 11.9. The van der Waals surface area contributed by atoms with Crippen LogP contribution in [0.2, 0.25) is 0 Å². The second-order valence-electron chi connectivity index (χ2n) is 4.29. The molecule has 1 aromatic carbocycles. The summed E-state index contributed by atoms with van der Waals surface area (Å²) in [6.07, 6.45) is 2.39. The lowest BCUT2D eigenvalue weighted by Gasteiger charge is -2.01. The van der Waals surface area contributed by atoms with Crippen molar-refractivity contribution >= 4 is 43.8 Å². The number of amides is 1. The molecule has 102 valence electrons. The molecular weight excluding hydrogens is 280 g/mol. The van der Waals surface area contributed by atoms with E-state index in [2.05, 4.69) is 5.32 Å². The summed E-state index contributed by atoms with van der Waals surface area (Å²) in [4.78, 5) is 12.6. The molecule has 4 nitrogen and oxygen atoms in total. The van der Waals surface area contributed by atoms with Gasteiger partial charge in [-0.05, 0) is 36.1 Å². The van der Waals surface area contributed by atoms with Crippen molar-refractivity contribution in [1.29, 1.82) is 0 Å². The van der Waals surface area contributed by atoms with Gasteiger partial charge in [0.15, 0.2) is 0 Å². The zero-order valence-electron chi connectivity index (χ0n) is 10.6. The predicted molar refractivity (Wildman–Crippen MR) is 82.1 cm³/mol. The van der Waals surface area contributed by atoms with Gasteiger partial charge in [0, 0.05) is 39.7 Å². The van der Waals surface area contributed by atoms with Gasteiger partial charge in [0.25, 0.3) is 5.91 Å². The van der Waals surface area contributed by atoms with Crippen LogP contribution in [-0.4, -0.2) is 28.7 Å². The van der Waals surface area contributed by atoms with E-state index < -0.39 is 10.8 Å². The van der Waals surface area contributed by atoms with Crippen molar-refractivity contribution in [2.75, 3.05) is 24.3 Å². The molecule has 1 aromatic heterocycles. The predicted octanol–water partition coefficient (Wildman–Crippen LogP) is 1.98. The Balaban J connectivity index is 1.99. The van der Waals surface area contributed by atoms with Crippen LogP contribution < -0.4 is 11.1 Å². The van der Waals surface area contributed by atoms with Crippen molar-refractivity contribution in [2.45, 2.75) is 6.42 Å². The van der Waals surface area contributed by atoms with E-state index in [-0.39, 0.29) is 5.91 Å². The molecule has 0 saturated carbocycles. The number of nitrogens with one attached hydrogen (secondary N) is 1. The van der Waals surface area contributed by atoms with Gasteiger partial charge in [-0.25, -0.2) is 0 Å². The van der Waals surface area contributed by atoms with E-state index in [1.807, 2.05) is 24.3 Å². The highest BCUT2D eigenvalue weighted by atomic mass is 32.2. The van der Waals surface area contributed by atoms with Gasteiger partial charge in [-0.3, -0.25) is 9.00 Å². The summed E-state index contributed by atoms with van der Waals surface area (Å²) < 4.78 is 11.9. The smallest absolute Gasteiger partial charge is 0.261 e. The Morgan fingerprint density at radius 3 is 2.95 bits per heavy atom. The van der Waals surface area contributed by atoms with Crippen molar-refractivity contribution in [3.05, 3.63) is 29.1 Å². The standard InChI is InChI=1S/C13H16N2O2S2/c1-19(17)6-2-5-15-13(16)12-8-9-7-10(14)3-4-11(9)18-12/h3-4,7-8H,2,5-6,14H2,1H3,(H,15,16). The summed E-state index contributed by atoms with van der Waals surface area (Å²) in [7, 11) is -0.802. The molecular formula is C13H16N2O2S2. The summed E-state index contributed by atoms with van der Waals surface area (Å²) in [5.41, 5.74) is 6.41. The van der Waals surface area contributed by atoms with Crippen LogP contribution in [0.15, 0.2) is 24.3 Å². The molecule has 1 unspecified atom stereocenters. The third kappa shape index (κ3) is 3.78. The monoisotopic (exact) mass is 296 g/mol. The molecule has 2 aromatic rings. The molecule has 0 spiro atoms. The molecule has 0 saturated heterocycles. The van der Waals surface area contributed by atoms with Crippen molar-refractivity contribution in [3.63, 3.8) is 0 Å². The van der Waals surface area contributed by atoms with Crippen LogP contribution in [0.25, 0.3) is 10.1 Å². The SMILES string of the molecule is CS(=O)CCCNC(=O)c1cc2cc(N)ccc2s1. The molecule has 0 aliphatic rings. The Labute approximate surface area is 118 Å². The first-order chi connectivity index (χ1) is 9.06. The quantitative estimate of drug-likeness (QED) is 0.654. The van der Waals surface area contributed by atoms with Gasteiger partial charge in [0.05, 0.1) is 4.88 Å². The van der Waals surface area contributed by atoms with Crippen LogP contribution in [0.5, 0.6) is 0 Å². The van der Waals surface area contributed by atoms with E-state index in [1.165, 1.54) is 11.3 Å². The zero-order valence-corrected chi connectivity index (χ0v) is 12.3. The average Bonchev–Trinajstić information content (AvgIpc) is 2.77. The third-order valence-corrected chi connectivity index (χ3v) is 4.64. The van der Waals surface area contributed by atoms with E-state index in [0.717, 1.165) is 16.5 Å². The number of carbonyl (C=O) groups is 1. The molecule has 2 rings (SSSR count). The van der Waals surface area contributed by atoms with Gasteiger partial charge in [-0.1, -0.05) is 0 Å². The topological polar surface area (TPSA) is 72.2 Å². The number of anilines is 1. The van der Waals surface area contributed by atoms with Crippen LogP contribution in [0, 0.1) is 0 Å². The molecule has 1 amide bonds. The third-order valence-electron chi connectivity index (χ3n) is 2.66. The number of nitrogen functional groups attached to an aromatic ring is 1. The van der Waals surface area contributed by atoms with E-state index >= 15 is 0 Å². The van der Waals surface area contributed by atoms with E-state index in [1.54, 1.807) is 6.26 Å². The fourth-order valence-electron chi connectivity index (χ4n) is 1.74. The van der Waals surface area contributed by atoms with Gasteiger partial charge in [0.2, 0.25) is 0 Å². The number of carbonyl (C=O) groups excluding carboxylic acids is 1.